The van der Waals surface area contributed by atoms with E-state index in [9.17, 15) is 26.4 Å². The molecule has 2 aromatic rings. The highest BCUT2D eigenvalue weighted by Gasteiger charge is 2.30. The number of carbonyl (C=O) groups excluding carboxylic acids is 1. The van der Waals surface area contributed by atoms with E-state index in [1.807, 2.05) is 0 Å². The van der Waals surface area contributed by atoms with Crippen molar-refractivity contribution in [1.29, 1.82) is 0 Å². The van der Waals surface area contributed by atoms with Gasteiger partial charge in [0.25, 0.3) is 5.91 Å². The summed E-state index contributed by atoms with van der Waals surface area (Å²) in [6, 6.07) is 8.38. The molecule has 0 aliphatic carbocycles. The van der Waals surface area contributed by atoms with Gasteiger partial charge in [0.2, 0.25) is 10.0 Å². The van der Waals surface area contributed by atoms with Gasteiger partial charge in [-0.25, -0.2) is 12.7 Å². The number of sulfonamides is 1. The normalized spacial score (nSPS) is 12.1. The number of carbonyl (C=O) groups is 1. The molecule has 2 aromatic carbocycles. The molecule has 11 heteroatoms. The summed E-state index contributed by atoms with van der Waals surface area (Å²) in [6.07, 6.45) is -4.42. The molecule has 0 saturated heterocycles. The van der Waals surface area contributed by atoms with Crippen LogP contribution in [0.3, 0.4) is 0 Å². The van der Waals surface area contributed by atoms with Crippen molar-refractivity contribution in [2.24, 2.45) is 0 Å². The standard InChI is InChI=1S/C18H18BrF3N2O4S/c1-24(2)29(26,27)16-11-12(3-8-15(16)19)17(25)23-9-10-28-14-6-4-13(5-7-14)18(20,21)22/h3-8,11H,9-10H2,1-2H3,(H,23,25). The van der Waals surface area contributed by atoms with Crippen molar-refractivity contribution in [3.63, 3.8) is 0 Å². The molecule has 1 amide bonds. The third-order valence-electron chi connectivity index (χ3n) is 3.79. The van der Waals surface area contributed by atoms with Crippen LogP contribution in [0, 0.1) is 0 Å². The second kappa shape index (κ2) is 9.14. The summed E-state index contributed by atoms with van der Waals surface area (Å²) >= 11 is 3.16. The Labute approximate surface area is 174 Å². The Morgan fingerprint density at radius 2 is 1.76 bits per heavy atom. The zero-order valence-electron chi connectivity index (χ0n) is 15.5. The Morgan fingerprint density at radius 1 is 1.14 bits per heavy atom. The van der Waals surface area contributed by atoms with Crippen molar-refractivity contribution < 1.29 is 31.1 Å². The van der Waals surface area contributed by atoms with Gasteiger partial charge in [0.1, 0.15) is 12.4 Å². The number of nitrogens with zero attached hydrogens (tertiary/aromatic N) is 1. The maximum atomic E-state index is 12.5. The van der Waals surface area contributed by atoms with Gasteiger partial charge in [-0.05, 0) is 58.4 Å². The molecule has 0 atom stereocenters. The summed E-state index contributed by atoms with van der Waals surface area (Å²) in [7, 11) is -0.973. The van der Waals surface area contributed by atoms with Crippen LogP contribution < -0.4 is 10.1 Å². The number of halogens is 4. The lowest BCUT2D eigenvalue weighted by atomic mass is 10.2. The van der Waals surface area contributed by atoms with Gasteiger partial charge in [0, 0.05) is 24.1 Å². The van der Waals surface area contributed by atoms with Gasteiger partial charge in [-0.3, -0.25) is 4.79 Å². The SMILES string of the molecule is CN(C)S(=O)(=O)c1cc(C(=O)NCCOc2ccc(C(F)(F)F)cc2)ccc1Br. The Bertz CT molecular complexity index is 978. The van der Waals surface area contributed by atoms with Crippen molar-refractivity contribution in [2.75, 3.05) is 27.2 Å². The van der Waals surface area contributed by atoms with Gasteiger partial charge in [0.15, 0.2) is 0 Å². The average molecular weight is 495 g/mol. The Morgan fingerprint density at radius 3 is 2.31 bits per heavy atom. The van der Waals surface area contributed by atoms with Gasteiger partial charge in [-0.15, -0.1) is 0 Å². The van der Waals surface area contributed by atoms with Crippen LogP contribution >= 0.6 is 15.9 Å². The first-order valence-electron chi connectivity index (χ1n) is 8.23. The second-order valence-electron chi connectivity index (χ2n) is 6.06. The van der Waals surface area contributed by atoms with Crippen LogP contribution in [-0.2, 0) is 16.2 Å². The van der Waals surface area contributed by atoms with Gasteiger partial charge in [-0.2, -0.15) is 13.2 Å². The molecule has 0 aliphatic rings. The maximum Gasteiger partial charge on any atom is 0.416 e. The summed E-state index contributed by atoms with van der Waals surface area (Å²) in [5, 5.41) is 2.56. The first-order valence-corrected chi connectivity index (χ1v) is 10.5. The predicted molar refractivity (Wildman–Crippen MR) is 104 cm³/mol. The lowest BCUT2D eigenvalue weighted by Gasteiger charge is -2.14. The lowest BCUT2D eigenvalue weighted by molar-refractivity contribution is -0.137. The summed E-state index contributed by atoms with van der Waals surface area (Å²) in [6.45, 7) is 0.0994. The Balaban J connectivity index is 1.95. The molecular weight excluding hydrogens is 477 g/mol. The van der Waals surface area contributed by atoms with Crippen molar-refractivity contribution in [2.45, 2.75) is 11.1 Å². The van der Waals surface area contributed by atoms with Gasteiger partial charge in [0.05, 0.1) is 17.0 Å². The first kappa shape index (κ1) is 23.2. The van der Waals surface area contributed by atoms with Crippen molar-refractivity contribution in [1.82, 2.24) is 9.62 Å². The number of ether oxygens (including phenoxy) is 1. The number of alkyl halides is 3. The van der Waals surface area contributed by atoms with E-state index in [4.69, 9.17) is 4.74 Å². The molecule has 0 aliphatic heterocycles. The fourth-order valence-corrected chi connectivity index (χ4v) is 4.06. The number of rotatable bonds is 7. The van der Waals surface area contributed by atoms with E-state index in [0.717, 1.165) is 16.4 Å². The maximum absolute atomic E-state index is 12.5. The highest BCUT2D eigenvalue weighted by molar-refractivity contribution is 9.10. The van der Waals surface area contributed by atoms with Crippen LogP contribution in [0.1, 0.15) is 15.9 Å². The van der Waals surface area contributed by atoms with E-state index in [-0.39, 0.29) is 29.4 Å². The van der Waals surface area contributed by atoms with Crippen LogP contribution in [0.4, 0.5) is 13.2 Å². The minimum atomic E-state index is -4.42. The number of hydrogen-bond donors (Lipinski definition) is 1. The van der Waals surface area contributed by atoms with E-state index in [2.05, 4.69) is 21.2 Å². The van der Waals surface area contributed by atoms with Crippen LogP contribution in [-0.4, -0.2) is 45.9 Å². The van der Waals surface area contributed by atoms with Gasteiger partial charge >= 0.3 is 6.18 Å². The molecule has 29 heavy (non-hydrogen) atoms. The van der Waals surface area contributed by atoms with Gasteiger partial charge in [-0.1, -0.05) is 0 Å². The van der Waals surface area contributed by atoms with E-state index in [1.165, 1.54) is 44.4 Å². The molecule has 2 rings (SSSR count). The number of benzene rings is 2. The van der Waals surface area contributed by atoms with E-state index in [1.54, 1.807) is 0 Å². The van der Waals surface area contributed by atoms with Crippen molar-refractivity contribution >= 4 is 31.9 Å². The molecule has 6 nitrogen and oxygen atoms in total. The third kappa shape index (κ3) is 5.94. The smallest absolute Gasteiger partial charge is 0.416 e. The van der Waals surface area contributed by atoms with Crippen molar-refractivity contribution in [3.05, 3.63) is 58.1 Å². The number of hydrogen-bond acceptors (Lipinski definition) is 4. The molecule has 0 aromatic heterocycles. The zero-order chi connectivity index (χ0) is 21.8. The quantitative estimate of drug-likeness (QED) is 0.597. The largest absolute Gasteiger partial charge is 0.492 e. The predicted octanol–water partition coefficient (Wildman–Crippen LogP) is 3.53. The van der Waals surface area contributed by atoms with Crippen LogP contribution in [0.15, 0.2) is 51.8 Å². The summed E-state index contributed by atoms with van der Waals surface area (Å²) < 4.78 is 68.8. The minimum absolute atomic E-state index is 0.0243. The third-order valence-corrected chi connectivity index (χ3v) is 6.60. The molecule has 0 bridgehead atoms. The molecule has 1 N–H and O–H groups in total. The molecule has 158 valence electrons. The van der Waals surface area contributed by atoms with Crippen LogP contribution in [0.5, 0.6) is 5.75 Å². The molecule has 0 heterocycles. The van der Waals surface area contributed by atoms with E-state index >= 15 is 0 Å². The molecule has 0 fully saturated rings. The summed E-state index contributed by atoms with van der Waals surface area (Å²) in [4.78, 5) is 12.2. The Kier molecular flexibility index (Phi) is 7.30. The topological polar surface area (TPSA) is 75.7 Å². The molecule has 0 radical (unpaired) electrons. The first-order chi connectivity index (χ1) is 13.4. The molecule has 0 saturated carbocycles. The minimum Gasteiger partial charge on any atom is -0.492 e. The van der Waals surface area contributed by atoms with E-state index < -0.39 is 27.7 Å². The van der Waals surface area contributed by atoms with E-state index in [0.29, 0.717) is 4.47 Å². The fraction of sp³-hybridized carbons (Fsp3) is 0.278. The summed E-state index contributed by atoms with van der Waals surface area (Å²) in [5.41, 5.74) is -0.639. The molecule has 0 unspecified atom stereocenters. The van der Waals surface area contributed by atoms with Crippen molar-refractivity contribution in [3.8, 4) is 5.75 Å². The Hall–Kier alpha value is -2.11. The number of nitrogens with one attached hydrogen (secondary N) is 1. The summed E-state index contributed by atoms with van der Waals surface area (Å²) in [5.74, 6) is -0.279. The molecular formula is C18H18BrF3N2O4S. The number of amides is 1. The highest BCUT2D eigenvalue weighted by atomic mass is 79.9. The molecule has 0 spiro atoms. The lowest BCUT2D eigenvalue weighted by Crippen LogP contribution is -2.28. The second-order valence-corrected chi connectivity index (χ2v) is 9.03. The van der Waals surface area contributed by atoms with Crippen LogP contribution in [0.25, 0.3) is 0 Å². The fourth-order valence-electron chi connectivity index (χ4n) is 2.21. The van der Waals surface area contributed by atoms with Crippen LogP contribution in [0.2, 0.25) is 0 Å². The zero-order valence-corrected chi connectivity index (χ0v) is 17.9. The average Bonchev–Trinajstić information content (AvgIpc) is 2.64. The van der Waals surface area contributed by atoms with Gasteiger partial charge < -0.3 is 10.1 Å². The monoisotopic (exact) mass is 494 g/mol. The highest BCUT2D eigenvalue weighted by Crippen LogP contribution is 2.30.